The average Bonchev–Trinajstić information content (AvgIpc) is 2.87. The zero-order valence-electron chi connectivity index (χ0n) is 10.2. The van der Waals surface area contributed by atoms with E-state index in [0.717, 1.165) is 11.8 Å². The van der Waals surface area contributed by atoms with Gasteiger partial charge in [-0.3, -0.25) is 0 Å². The summed E-state index contributed by atoms with van der Waals surface area (Å²) in [5, 5.41) is 9.91. The lowest BCUT2D eigenvalue weighted by atomic mass is 10.3. The normalized spacial score (nSPS) is 10.8. The van der Waals surface area contributed by atoms with Crippen molar-refractivity contribution >= 4 is 28.9 Å². The third-order valence-corrected chi connectivity index (χ3v) is 3.30. The van der Waals surface area contributed by atoms with Crippen LogP contribution >= 0.6 is 11.8 Å². The summed E-state index contributed by atoms with van der Waals surface area (Å²) in [5.74, 6) is -1.09. The summed E-state index contributed by atoms with van der Waals surface area (Å²) in [6.45, 7) is 1.71. The standard InChI is InChI=1S/C11H8N6O2S/c1-5-2-6(10(18)19)17-11(16-5)20-9-7-8(13-3-12-7)14-4-15-9/h2-4H,1H3,(H,18,19)(H,12,13,14,15). The molecule has 8 nitrogen and oxygen atoms in total. The topological polar surface area (TPSA) is 118 Å². The van der Waals surface area contributed by atoms with E-state index >= 15 is 0 Å². The lowest BCUT2D eigenvalue weighted by molar-refractivity contribution is 0.0689. The van der Waals surface area contributed by atoms with Gasteiger partial charge >= 0.3 is 5.97 Å². The van der Waals surface area contributed by atoms with Gasteiger partial charge in [0.05, 0.1) is 6.33 Å². The Balaban J connectivity index is 2.02. The van der Waals surface area contributed by atoms with Crippen molar-refractivity contribution in [2.75, 3.05) is 0 Å². The number of carbonyl (C=O) groups is 1. The SMILES string of the molecule is Cc1cc(C(=O)O)nc(Sc2ncnc3nc[nH]c23)n1. The molecule has 3 aromatic heterocycles. The third-order valence-electron chi connectivity index (χ3n) is 2.43. The average molecular weight is 288 g/mol. The highest BCUT2D eigenvalue weighted by Crippen LogP contribution is 2.27. The Kier molecular flexibility index (Phi) is 3.03. The predicted octanol–water partition coefficient (Wildman–Crippen LogP) is 1.30. The quantitative estimate of drug-likeness (QED) is 0.547. The minimum absolute atomic E-state index is 0.0464. The summed E-state index contributed by atoms with van der Waals surface area (Å²) in [7, 11) is 0. The first-order valence-corrected chi connectivity index (χ1v) is 6.36. The molecule has 0 saturated heterocycles. The molecule has 0 unspecified atom stereocenters. The van der Waals surface area contributed by atoms with Crippen LogP contribution < -0.4 is 0 Å². The Hall–Kier alpha value is -2.55. The van der Waals surface area contributed by atoms with E-state index in [1.165, 1.54) is 18.7 Å². The number of H-pyrrole nitrogens is 1. The van der Waals surface area contributed by atoms with Gasteiger partial charge in [0, 0.05) is 5.69 Å². The van der Waals surface area contributed by atoms with E-state index in [9.17, 15) is 4.79 Å². The van der Waals surface area contributed by atoms with E-state index in [0.29, 0.717) is 27.0 Å². The number of imidazole rings is 1. The van der Waals surface area contributed by atoms with Crippen LogP contribution in [0.1, 0.15) is 16.2 Å². The van der Waals surface area contributed by atoms with Gasteiger partial charge in [-0.1, -0.05) is 0 Å². The van der Waals surface area contributed by atoms with E-state index in [-0.39, 0.29) is 5.69 Å². The molecular formula is C11H8N6O2S. The van der Waals surface area contributed by atoms with Crippen LogP contribution in [0.4, 0.5) is 0 Å². The summed E-state index contributed by atoms with van der Waals surface area (Å²) in [4.78, 5) is 34.3. The molecule has 2 N–H and O–H groups in total. The van der Waals surface area contributed by atoms with Crippen LogP contribution in [-0.4, -0.2) is 41.0 Å². The number of carboxylic acid groups (broad SMARTS) is 1. The fourth-order valence-electron chi connectivity index (χ4n) is 1.60. The van der Waals surface area contributed by atoms with Crippen molar-refractivity contribution in [2.24, 2.45) is 0 Å². The Labute approximate surface area is 116 Å². The van der Waals surface area contributed by atoms with Gasteiger partial charge in [-0.15, -0.1) is 0 Å². The van der Waals surface area contributed by atoms with Crippen LogP contribution in [0.25, 0.3) is 11.2 Å². The second-order valence-electron chi connectivity index (χ2n) is 3.86. The van der Waals surface area contributed by atoms with Crippen LogP contribution in [0, 0.1) is 6.92 Å². The Morgan fingerprint density at radius 2 is 2.15 bits per heavy atom. The second kappa shape index (κ2) is 4.85. The first-order chi connectivity index (χ1) is 9.63. The van der Waals surface area contributed by atoms with Gasteiger partial charge in [-0.25, -0.2) is 29.7 Å². The van der Waals surface area contributed by atoms with Crippen molar-refractivity contribution in [1.29, 1.82) is 0 Å². The molecule has 0 aliphatic heterocycles. The molecule has 0 radical (unpaired) electrons. The van der Waals surface area contributed by atoms with E-state index in [4.69, 9.17) is 5.11 Å². The maximum atomic E-state index is 11.0. The van der Waals surface area contributed by atoms with E-state index in [2.05, 4.69) is 29.9 Å². The van der Waals surface area contributed by atoms with Crippen LogP contribution in [0.3, 0.4) is 0 Å². The lowest BCUT2D eigenvalue weighted by Gasteiger charge is -2.03. The fraction of sp³-hybridized carbons (Fsp3) is 0.0909. The summed E-state index contributed by atoms with van der Waals surface area (Å²) < 4.78 is 0. The fourth-order valence-corrected chi connectivity index (χ4v) is 2.46. The number of aromatic amines is 1. The predicted molar refractivity (Wildman–Crippen MR) is 69.5 cm³/mol. The molecule has 100 valence electrons. The Bertz CT molecular complexity index is 802. The van der Waals surface area contributed by atoms with Crippen LogP contribution in [0.15, 0.2) is 28.9 Å². The number of carboxylic acids is 1. The van der Waals surface area contributed by atoms with Crippen LogP contribution in [0.5, 0.6) is 0 Å². The number of aromatic nitrogens is 6. The molecule has 0 aliphatic carbocycles. The maximum Gasteiger partial charge on any atom is 0.354 e. The monoisotopic (exact) mass is 288 g/mol. The van der Waals surface area contributed by atoms with E-state index in [1.807, 2.05) is 0 Å². The molecule has 3 rings (SSSR count). The molecule has 0 amide bonds. The number of nitrogens with one attached hydrogen (secondary N) is 1. The van der Waals surface area contributed by atoms with Gasteiger partial charge < -0.3 is 10.1 Å². The largest absolute Gasteiger partial charge is 0.477 e. The highest BCUT2D eigenvalue weighted by molar-refractivity contribution is 7.99. The zero-order valence-corrected chi connectivity index (χ0v) is 11.0. The third kappa shape index (κ3) is 2.30. The summed E-state index contributed by atoms with van der Waals surface area (Å²) in [6.07, 6.45) is 2.91. The molecule has 0 saturated carbocycles. The molecule has 20 heavy (non-hydrogen) atoms. The number of fused-ring (bicyclic) bond motifs is 1. The maximum absolute atomic E-state index is 11.0. The lowest BCUT2D eigenvalue weighted by Crippen LogP contribution is -2.04. The van der Waals surface area contributed by atoms with Crippen molar-refractivity contribution < 1.29 is 9.90 Å². The Morgan fingerprint density at radius 1 is 1.30 bits per heavy atom. The van der Waals surface area contributed by atoms with Crippen molar-refractivity contribution in [3.05, 3.63) is 30.1 Å². The Morgan fingerprint density at radius 3 is 2.95 bits per heavy atom. The van der Waals surface area contributed by atoms with Crippen molar-refractivity contribution in [2.45, 2.75) is 17.1 Å². The van der Waals surface area contributed by atoms with Gasteiger partial charge in [0.25, 0.3) is 0 Å². The van der Waals surface area contributed by atoms with Gasteiger partial charge in [0.15, 0.2) is 16.5 Å². The number of rotatable bonds is 3. The molecule has 0 bridgehead atoms. The molecule has 9 heteroatoms. The molecule has 0 fully saturated rings. The van der Waals surface area contributed by atoms with Gasteiger partial charge in [0.2, 0.25) is 0 Å². The van der Waals surface area contributed by atoms with Gasteiger partial charge in [0.1, 0.15) is 16.9 Å². The molecule has 3 aromatic rings. The van der Waals surface area contributed by atoms with Crippen molar-refractivity contribution in [1.82, 2.24) is 29.9 Å². The van der Waals surface area contributed by atoms with Crippen molar-refractivity contribution in [3.8, 4) is 0 Å². The smallest absolute Gasteiger partial charge is 0.354 e. The minimum atomic E-state index is -1.09. The molecule has 3 heterocycles. The minimum Gasteiger partial charge on any atom is -0.477 e. The molecule has 0 aromatic carbocycles. The first-order valence-electron chi connectivity index (χ1n) is 5.54. The first kappa shape index (κ1) is 12.5. The zero-order chi connectivity index (χ0) is 14.1. The van der Waals surface area contributed by atoms with Gasteiger partial charge in [-0.05, 0) is 24.8 Å². The molecule has 0 spiro atoms. The highest BCUT2D eigenvalue weighted by atomic mass is 32.2. The highest BCUT2D eigenvalue weighted by Gasteiger charge is 2.13. The van der Waals surface area contributed by atoms with Gasteiger partial charge in [-0.2, -0.15) is 0 Å². The summed E-state index contributed by atoms with van der Waals surface area (Å²) in [5.41, 5.74) is 1.73. The summed E-state index contributed by atoms with van der Waals surface area (Å²) >= 11 is 1.16. The molecule has 0 atom stereocenters. The van der Waals surface area contributed by atoms with Crippen molar-refractivity contribution in [3.63, 3.8) is 0 Å². The van der Waals surface area contributed by atoms with E-state index < -0.39 is 5.97 Å². The van der Waals surface area contributed by atoms with Crippen LogP contribution in [0.2, 0.25) is 0 Å². The van der Waals surface area contributed by atoms with E-state index in [1.54, 1.807) is 6.92 Å². The number of nitrogens with zero attached hydrogens (tertiary/aromatic N) is 5. The molecule has 0 aliphatic rings. The second-order valence-corrected chi connectivity index (χ2v) is 4.82. The number of hydrogen-bond acceptors (Lipinski definition) is 7. The summed E-state index contributed by atoms with van der Waals surface area (Å²) in [6, 6.07) is 1.41. The van der Waals surface area contributed by atoms with Crippen LogP contribution in [-0.2, 0) is 0 Å². The number of hydrogen-bond donors (Lipinski definition) is 2. The molecular weight excluding hydrogens is 280 g/mol. The number of aromatic carboxylic acids is 1. The number of aryl methyl sites for hydroxylation is 1.